The van der Waals surface area contributed by atoms with E-state index in [-0.39, 0.29) is 0 Å². The molecule has 0 aromatic heterocycles. The van der Waals surface area contributed by atoms with Crippen LogP contribution in [-0.2, 0) is 0 Å². The van der Waals surface area contributed by atoms with Crippen molar-refractivity contribution < 1.29 is 0 Å². The number of rotatable bonds is 5. The fraction of sp³-hybridized carbons (Fsp3) is 0.231. The van der Waals surface area contributed by atoms with Gasteiger partial charge in [-0.3, -0.25) is 0 Å². The van der Waals surface area contributed by atoms with Crippen molar-refractivity contribution in [1.29, 1.82) is 0 Å². The zero-order valence-electron chi connectivity index (χ0n) is 9.04. The molecule has 1 nitrogen and oxygen atoms in total. The minimum Gasteiger partial charge on any atom is -0.364 e. The SMILES string of the molecule is C=CCN(CC(=C)C)c1ccc(Cl)cc1. The van der Waals surface area contributed by atoms with Crippen LogP contribution in [0.5, 0.6) is 0 Å². The molecule has 0 aliphatic heterocycles. The van der Waals surface area contributed by atoms with Crippen LogP contribution in [0.4, 0.5) is 5.69 Å². The van der Waals surface area contributed by atoms with E-state index in [0.29, 0.717) is 0 Å². The van der Waals surface area contributed by atoms with Gasteiger partial charge in [-0.15, -0.1) is 6.58 Å². The first-order valence-corrected chi connectivity index (χ1v) is 5.27. The summed E-state index contributed by atoms with van der Waals surface area (Å²) in [5, 5.41) is 0.757. The van der Waals surface area contributed by atoms with Crippen LogP contribution >= 0.6 is 11.6 Å². The number of nitrogens with zero attached hydrogens (tertiary/aromatic N) is 1. The number of halogens is 1. The van der Waals surface area contributed by atoms with E-state index < -0.39 is 0 Å². The van der Waals surface area contributed by atoms with Gasteiger partial charge in [-0.25, -0.2) is 0 Å². The molecule has 0 atom stereocenters. The summed E-state index contributed by atoms with van der Waals surface area (Å²) in [4.78, 5) is 2.20. The zero-order valence-corrected chi connectivity index (χ0v) is 9.80. The summed E-state index contributed by atoms with van der Waals surface area (Å²) in [5.74, 6) is 0. The molecule has 0 spiro atoms. The summed E-state index contributed by atoms with van der Waals surface area (Å²) in [6.45, 7) is 11.3. The number of hydrogen-bond donors (Lipinski definition) is 0. The van der Waals surface area contributed by atoms with Gasteiger partial charge in [0.1, 0.15) is 0 Å². The van der Waals surface area contributed by atoms with Crippen LogP contribution in [0.1, 0.15) is 6.92 Å². The quantitative estimate of drug-likeness (QED) is 0.682. The van der Waals surface area contributed by atoms with Gasteiger partial charge in [0.25, 0.3) is 0 Å². The summed E-state index contributed by atoms with van der Waals surface area (Å²) in [6.07, 6.45) is 1.89. The molecule has 1 aromatic rings. The molecule has 0 saturated heterocycles. The van der Waals surface area contributed by atoms with Crippen LogP contribution in [0.2, 0.25) is 5.02 Å². The maximum Gasteiger partial charge on any atom is 0.0407 e. The van der Waals surface area contributed by atoms with Gasteiger partial charge in [-0.05, 0) is 31.2 Å². The maximum absolute atomic E-state index is 5.84. The third-order valence-corrected chi connectivity index (χ3v) is 2.25. The average molecular weight is 222 g/mol. The second-order valence-electron chi connectivity index (χ2n) is 3.60. The first kappa shape index (κ1) is 11.9. The lowest BCUT2D eigenvalue weighted by Crippen LogP contribution is -2.24. The van der Waals surface area contributed by atoms with E-state index in [9.17, 15) is 0 Å². The van der Waals surface area contributed by atoms with E-state index in [2.05, 4.69) is 18.1 Å². The minimum atomic E-state index is 0.757. The van der Waals surface area contributed by atoms with E-state index in [1.165, 1.54) is 0 Å². The highest BCUT2D eigenvalue weighted by atomic mass is 35.5. The molecule has 1 aromatic carbocycles. The highest BCUT2D eigenvalue weighted by molar-refractivity contribution is 6.30. The third-order valence-electron chi connectivity index (χ3n) is 2.00. The van der Waals surface area contributed by atoms with Gasteiger partial charge in [-0.1, -0.05) is 29.8 Å². The van der Waals surface area contributed by atoms with E-state index in [4.69, 9.17) is 11.6 Å². The Morgan fingerprint density at radius 1 is 1.40 bits per heavy atom. The molecule has 0 aliphatic carbocycles. The Labute approximate surface area is 96.7 Å². The van der Waals surface area contributed by atoms with Crippen LogP contribution in [0.25, 0.3) is 0 Å². The fourth-order valence-electron chi connectivity index (χ4n) is 1.39. The van der Waals surface area contributed by atoms with Crippen molar-refractivity contribution in [3.05, 3.63) is 54.1 Å². The topological polar surface area (TPSA) is 3.24 Å². The van der Waals surface area contributed by atoms with Gasteiger partial charge < -0.3 is 4.90 Å². The molecule has 0 heterocycles. The summed E-state index contributed by atoms with van der Waals surface area (Å²) in [6, 6.07) is 7.81. The molecule has 0 radical (unpaired) electrons. The van der Waals surface area contributed by atoms with Crippen molar-refractivity contribution in [2.24, 2.45) is 0 Å². The lowest BCUT2D eigenvalue weighted by atomic mass is 10.2. The van der Waals surface area contributed by atoms with Crippen molar-refractivity contribution in [1.82, 2.24) is 0 Å². The Bertz CT molecular complexity index is 340. The highest BCUT2D eigenvalue weighted by Gasteiger charge is 2.03. The average Bonchev–Trinajstić information content (AvgIpc) is 2.17. The summed E-state index contributed by atoms with van der Waals surface area (Å²) in [7, 11) is 0. The molecule has 0 saturated carbocycles. The first-order valence-electron chi connectivity index (χ1n) is 4.89. The smallest absolute Gasteiger partial charge is 0.0407 e. The maximum atomic E-state index is 5.84. The van der Waals surface area contributed by atoms with Crippen LogP contribution in [-0.4, -0.2) is 13.1 Å². The Hall–Kier alpha value is -1.21. The molecular weight excluding hydrogens is 206 g/mol. The fourth-order valence-corrected chi connectivity index (χ4v) is 1.52. The van der Waals surface area contributed by atoms with E-state index in [1.54, 1.807) is 0 Å². The lowest BCUT2D eigenvalue weighted by Gasteiger charge is -2.23. The van der Waals surface area contributed by atoms with Gasteiger partial charge in [0, 0.05) is 23.8 Å². The number of hydrogen-bond acceptors (Lipinski definition) is 1. The van der Waals surface area contributed by atoms with Crippen LogP contribution in [0.3, 0.4) is 0 Å². The largest absolute Gasteiger partial charge is 0.364 e. The second kappa shape index (κ2) is 5.62. The molecule has 2 heteroatoms. The van der Waals surface area contributed by atoms with Gasteiger partial charge in [-0.2, -0.15) is 0 Å². The van der Waals surface area contributed by atoms with E-state index in [1.807, 2.05) is 37.3 Å². The van der Waals surface area contributed by atoms with E-state index >= 15 is 0 Å². The molecular formula is C13H16ClN. The highest BCUT2D eigenvalue weighted by Crippen LogP contribution is 2.18. The summed E-state index contributed by atoms with van der Waals surface area (Å²) >= 11 is 5.84. The van der Waals surface area contributed by atoms with Gasteiger partial charge >= 0.3 is 0 Å². The molecule has 15 heavy (non-hydrogen) atoms. The first-order chi connectivity index (χ1) is 7.13. The number of anilines is 1. The molecule has 0 unspecified atom stereocenters. The summed E-state index contributed by atoms with van der Waals surface area (Å²) < 4.78 is 0. The molecule has 0 fully saturated rings. The van der Waals surface area contributed by atoms with Crippen molar-refractivity contribution in [2.75, 3.05) is 18.0 Å². The predicted octanol–water partition coefficient (Wildman–Crippen LogP) is 3.91. The molecule has 0 bridgehead atoms. The Morgan fingerprint density at radius 2 is 2.00 bits per heavy atom. The van der Waals surface area contributed by atoms with Crippen LogP contribution in [0, 0.1) is 0 Å². The zero-order chi connectivity index (χ0) is 11.3. The van der Waals surface area contributed by atoms with Crippen molar-refractivity contribution in [3.63, 3.8) is 0 Å². The molecule has 0 aliphatic rings. The summed E-state index contributed by atoms with van der Waals surface area (Å²) in [5.41, 5.74) is 2.27. The minimum absolute atomic E-state index is 0.757. The van der Waals surface area contributed by atoms with Crippen molar-refractivity contribution >= 4 is 17.3 Å². The second-order valence-corrected chi connectivity index (χ2v) is 4.04. The van der Waals surface area contributed by atoms with Crippen molar-refractivity contribution in [3.8, 4) is 0 Å². The Balaban J connectivity index is 2.83. The van der Waals surface area contributed by atoms with E-state index in [0.717, 1.165) is 29.4 Å². The predicted molar refractivity (Wildman–Crippen MR) is 68.7 cm³/mol. The van der Waals surface area contributed by atoms with Gasteiger partial charge in [0.05, 0.1) is 0 Å². The lowest BCUT2D eigenvalue weighted by molar-refractivity contribution is 0.923. The van der Waals surface area contributed by atoms with Crippen LogP contribution in [0.15, 0.2) is 49.1 Å². The molecule has 80 valence electrons. The van der Waals surface area contributed by atoms with Gasteiger partial charge in [0.15, 0.2) is 0 Å². The Kier molecular flexibility index (Phi) is 4.44. The van der Waals surface area contributed by atoms with Crippen molar-refractivity contribution in [2.45, 2.75) is 6.92 Å². The standard InChI is InChI=1S/C13H16ClN/c1-4-9-15(10-11(2)3)13-7-5-12(14)6-8-13/h4-8H,1-2,9-10H2,3H3. The third kappa shape index (κ3) is 3.80. The Morgan fingerprint density at radius 3 is 2.47 bits per heavy atom. The molecule has 0 N–H and O–H groups in total. The van der Waals surface area contributed by atoms with Gasteiger partial charge in [0.2, 0.25) is 0 Å². The van der Waals surface area contributed by atoms with Crippen LogP contribution < -0.4 is 4.90 Å². The normalized spacial score (nSPS) is 9.73. The molecule has 1 rings (SSSR count). The number of benzene rings is 1. The molecule has 0 amide bonds. The monoisotopic (exact) mass is 221 g/mol.